The van der Waals surface area contributed by atoms with Gasteiger partial charge in [-0.25, -0.2) is 4.98 Å². The van der Waals surface area contributed by atoms with E-state index < -0.39 is 6.10 Å². The second-order valence-corrected chi connectivity index (χ2v) is 5.37. The summed E-state index contributed by atoms with van der Waals surface area (Å²) < 4.78 is 5.51. The molecule has 0 fully saturated rings. The van der Waals surface area contributed by atoms with Gasteiger partial charge in [0.25, 0.3) is 5.91 Å². The summed E-state index contributed by atoms with van der Waals surface area (Å²) in [6.07, 6.45) is 0.769. The van der Waals surface area contributed by atoms with Gasteiger partial charge in [-0.2, -0.15) is 0 Å². The number of benzene rings is 1. The number of anilines is 1. The molecule has 2 rings (SSSR count). The molecule has 0 aliphatic carbocycles. The van der Waals surface area contributed by atoms with Gasteiger partial charge in [0.05, 0.1) is 10.7 Å². The van der Waals surface area contributed by atoms with E-state index in [1.54, 1.807) is 37.3 Å². The molecular weight excluding hydrogens is 335 g/mol. The first-order valence-corrected chi connectivity index (χ1v) is 7.14. The quantitative estimate of drug-likeness (QED) is 0.833. The minimum atomic E-state index is -0.764. The van der Waals surface area contributed by atoms with E-state index in [9.17, 15) is 4.79 Å². The number of amides is 1. The Labute approximate surface area is 137 Å². The molecule has 0 radical (unpaired) electrons. The monoisotopic (exact) mass is 344 g/mol. The van der Waals surface area contributed by atoms with Crippen molar-refractivity contribution in [3.05, 3.63) is 51.7 Å². The minimum Gasteiger partial charge on any atom is -0.479 e. The van der Waals surface area contributed by atoms with Crippen LogP contribution in [-0.4, -0.2) is 17.0 Å². The van der Waals surface area contributed by atoms with Crippen molar-refractivity contribution in [3.8, 4) is 5.75 Å². The van der Waals surface area contributed by atoms with Crippen LogP contribution in [0.2, 0.25) is 15.2 Å². The lowest BCUT2D eigenvalue weighted by atomic mass is 10.3. The van der Waals surface area contributed by atoms with Crippen LogP contribution in [0.4, 0.5) is 5.69 Å². The van der Waals surface area contributed by atoms with Gasteiger partial charge in [-0.3, -0.25) is 4.79 Å². The van der Waals surface area contributed by atoms with Gasteiger partial charge in [0.1, 0.15) is 5.75 Å². The smallest absolute Gasteiger partial charge is 0.265 e. The van der Waals surface area contributed by atoms with Crippen LogP contribution in [0.1, 0.15) is 6.92 Å². The predicted octanol–water partition coefficient (Wildman–Crippen LogP) is 4.45. The number of carbonyl (C=O) groups excluding carboxylic acids is 1. The highest BCUT2D eigenvalue weighted by molar-refractivity contribution is 6.35. The van der Waals surface area contributed by atoms with Crippen molar-refractivity contribution in [2.75, 3.05) is 5.32 Å². The summed E-state index contributed by atoms with van der Waals surface area (Å²) in [6.45, 7) is 1.60. The second-order valence-electron chi connectivity index (χ2n) is 4.17. The zero-order chi connectivity index (χ0) is 15.4. The van der Waals surface area contributed by atoms with Crippen molar-refractivity contribution < 1.29 is 9.53 Å². The molecular formula is C14H11Cl3N2O2. The molecule has 1 amide bonds. The normalized spacial score (nSPS) is 11.8. The molecule has 0 aliphatic rings. The summed E-state index contributed by atoms with van der Waals surface area (Å²) in [7, 11) is 0. The Hall–Kier alpha value is -1.49. The molecule has 2 aromatic rings. The lowest BCUT2D eigenvalue weighted by Gasteiger charge is -2.16. The van der Waals surface area contributed by atoms with E-state index in [2.05, 4.69) is 10.3 Å². The van der Waals surface area contributed by atoms with E-state index in [-0.39, 0.29) is 11.1 Å². The van der Waals surface area contributed by atoms with Crippen LogP contribution in [-0.2, 0) is 4.79 Å². The largest absolute Gasteiger partial charge is 0.479 e. The third kappa shape index (κ3) is 4.24. The van der Waals surface area contributed by atoms with Gasteiger partial charge in [0, 0.05) is 11.2 Å². The number of pyridine rings is 1. The SMILES string of the molecule is CC(Oc1ccc(Cl)cc1Cl)C(=O)Nc1cccnc1Cl. The third-order valence-corrected chi connectivity index (χ3v) is 3.42. The second kappa shape index (κ2) is 6.98. The Kier molecular flexibility index (Phi) is 5.28. The fourth-order valence-corrected chi connectivity index (χ4v) is 2.15. The summed E-state index contributed by atoms with van der Waals surface area (Å²) in [5.74, 6) is 0.0110. The summed E-state index contributed by atoms with van der Waals surface area (Å²) >= 11 is 17.7. The average molecular weight is 346 g/mol. The van der Waals surface area contributed by atoms with Crippen LogP contribution in [0.25, 0.3) is 0 Å². The molecule has 0 aliphatic heterocycles. The molecule has 0 spiro atoms. The number of rotatable bonds is 4. The number of halogens is 3. The van der Waals surface area contributed by atoms with Gasteiger partial charge in [0.15, 0.2) is 11.3 Å². The number of hydrogen-bond acceptors (Lipinski definition) is 3. The van der Waals surface area contributed by atoms with Gasteiger partial charge in [-0.15, -0.1) is 0 Å². The number of carbonyl (C=O) groups is 1. The van der Waals surface area contributed by atoms with Crippen LogP contribution >= 0.6 is 34.8 Å². The molecule has 0 saturated carbocycles. The van der Waals surface area contributed by atoms with Crippen molar-refractivity contribution >= 4 is 46.4 Å². The Balaban J connectivity index is 2.04. The van der Waals surface area contributed by atoms with E-state index in [0.717, 1.165) is 0 Å². The van der Waals surface area contributed by atoms with Gasteiger partial charge < -0.3 is 10.1 Å². The standard InChI is InChI=1S/C14H11Cl3N2O2/c1-8(21-12-5-4-9(15)7-10(12)16)14(20)19-11-3-2-6-18-13(11)17/h2-8H,1H3,(H,19,20). The molecule has 110 valence electrons. The molecule has 0 bridgehead atoms. The molecule has 0 saturated heterocycles. The summed E-state index contributed by atoms with van der Waals surface area (Å²) in [4.78, 5) is 15.9. The summed E-state index contributed by atoms with van der Waals surface area (Å²) in [6, 6.07) is 8.09. The van der Waals surface area contributed by atoms with Crippen molar-refractivity contribution in [2.24, 2.45) is 0 Å². The molecule has 1 aromatic carbocycles. The Bertz CT molecular complexity index is 664. The molecule has 1 heterocycles. The number of ether oxygens (including phenoxy) is 1. The topological polar surface area (TPSA) is 51.2 Å². The first kappa shape index (κ1) is 15.9. The molecule has 7 heteroatoms. The summed E-state index contributed by atoms with van der Waals surface area (Å²) in [5.41, 5.74) is 0.418. The van der Waals surface area contributed by atoms with Gasteiger partial charge >= 0.3 is 0 Å². The Morgan fingerprint density at radius 3 is 2.71 bits per heavy atom. The van der Waals surface area contributed by atoms with Crippen LogP contribution in [0.5, 0.6) is 5.75 Å². The minimum absolute atomic E-state index is 0.211. The fraction of sp³-hybridized carbons (Fsp3) is 0.143. The molecule has 1 aromatic heterocycles. The van der Waals surface area contributed by atoms with Crippen LogP contribution in [0.15, 0.2) is 36.5 Å². The van der Waals surface area contributed by atoms with Crippen LogP contribution < -0.4 is 10.1 Å². The fourth-order valence-electron chi connectivity index (χ4n) is 1.53. The average Bonchev–Trinajstić information content (AvgIpc) is 2.44. The van der Waals surface area contributed by atoms with Gasteiger partial charge in [-0.05, 0) is 37.3 Å². The van der Waals surface area contributed by atoms with E-state index in [1.165, 1.54) is 6.20 Å². The van der Waals surface area contributed by atoms with Gasteiger partial charge in [0.2, 0.25) is 0 Å². The first-order chi connectivity index (χ1) is 9.97. The Morgan fingerprint density at radius 1 is 1.29 bits per heavy atom. The molecule has 1 atom stereocenters. The maximum atomic E-state index is 12.1. The molecule has 1 unspecified atom stereocenters. The highest BCUT2D eigenvalue weighted by Crippen LogP contribution is 2.28. The lowest BCUT2D eigenvalue weighted by Crippen LogP contribution is -2.30. The maximum absolute atomic E-state index is 12.1. The van der Waals surface area contributed by atoms with Gasteiger partial charge in [-0.1, -0.05) is 34.8 Å². The zero-order valence-corrected chi connectivity index (χ0v) is 13.2. The van der Waals surface area contributed by atoms with E-state index in [1.807, 2.05) is 0 Å². The van der Waals surface area contributed by atoms with Crippen molar-refractivity contribution in [3.63, 3.8) is 0 Å². The summed E-state index contributed by atoms with van der Waals surface area (Å²) in [5, 5.41) is 3.67. The zero-order valence-electron chi connectivity index (χ0n) is 10.9. The Morgan fingerprint density at radius 2 is 2.05 bits per heavy atom. The van der Waals surface area contributed by atoms with Crippen molar-refractivity contribution in [1.29, 1.82) is 0 Å². The third-order valence-electron chi connectivity index (χ3n) is 2.58. The maximum Gasteiger partial charge on any atom is 0.265 e. The lowest BCUT2D eigenvalue weighted by molar-refractivity contribution is -0.122. The van der Waals surface area contributed by atoms with E-state index >= 15 is 0 Å². The number of hydrogen-bond donors (Lipinski definition) is 1. The number of nitrogens with zero attached hydrogens (tertiary/aromatic N) is 1. The predicted molar refractivity (Wildman–Crippen MR) is 84.4 cm³/mol. The highest BCUT2D eigenvalue weighted by Gasteiger charge is 2.17. The molecule has 4 nitrogen and oxygen atoms in total. The molecule has 1 N–H and O–H groups in total. The molecule has 21 heavy (non-hydrogen) atoms. The van der Waals surface area contributed by atoms with Crippen LogP contribution in [0, 0.1) is 0 Å². The van der Waals surface area contributed by atoms with E-state index in [4.69, 9.17) is 39.5 Å². The highest BCUT2D eigenvalue weighted by atomic mass is 35.5. The number of aromatic nitrogens is 1. The van der Waals surface area contributed by atoms with Crippen molar-refractivity contribution in [1.82, 2.24) is 4.98 Å². The van der Waals surface area contributed by atoms with E-state index in [0.29, 0.717) is 21.5 Å². The van der Waals surface area contributed by atoms with Crippen molar-refractivity contribution in [2.45, 2.75) is 13.0 Å². The number of nitrogens with one attached hydrogen (secondary N) is 1. The first-order valence-electron chi connectivity index (χ1n) is 6.00. The van der Waals surface area contributed by atoms with Crippen LogP contribution in [0.3, 0.4) is 0 Å².